The number of hydrogen-bond donors (Lipinski definition) is 1. The minimum Gasteiger partial charge on any atom is -0.496 e. The SMILES string of the molecule is COC(=O)CNCC(C)(C)c1cc(C)ccc1OC. The molecule has 19 heavy (non-hydrogen) atoms. The van der Waals surface area contributed by atoms with Crippen molar-refractivity contribution in [3.05, 3.63) is 29.3 Å². The monoisotopic (exact) mass is 265 g/mol. The number of nitrogens with one attached hydrogen (secondary N) is 1. The average Bonchev–Trinajstić information content (AvgIpc) is 2.38. The lowest BCUT2D eigenvalue weighted by molar-refractivity contribution is -0.139. The van der Waals surface area contributed by atoms with E-state index in [9.17, 15) is 4.79 Å². The Hall–Kier alpha value is -1.55. The van der Waals surface area contributed by atoms with Crippen molar-refractivity contribution in [2.75, 3.05) is 27.3 Å². The number of carbonyl (C=O) groups is 1. The Morgan fingerprint density at radius 1 is 1.32 bits per heavy atom. The van der Waals surface area contributed by atoms with Gasteiger partial charge in [-0.25, -0.2) is 0 Å². The number of hydrogen-bond acceptors (Lipinski definition) is 4. The number of carbonyl (C=O) groups excluding carboxylic acids is 1. The molecule has 106 valence electrons. The minimum absolute atomic E-state index is 0.134. The first-order chi connectivity index (χ1) is 8.90. The number of benzene rings is 1. The first kappa shape index (κ1) is 15.5. The molecule has 0 aromatic heterocycles. The summed E-state index contributed by atoms with van der Waals surface area (Å²) in [5.41, 5.74) is 2.19. The fourth-order valence-electron chi connectivity index (χ4n) is 2.00. The first-order valence-corrected chi connectivity index (χ1v) is 6.33. The number of esters is 1. The van der Waals surface area contributed by atoms with Gasteiger partial charge in [-0.3, -0.25) is 4.79 Å². The molecule has 0 aliphatic carbocycles. The summed E-state index contributed by atoms with van der Waals surface area (Å²) in [4.78, 5) is 11.1. The summed E-state index contributed by atoms with van der Waals surface area (Å²) in [5.74, 6) is 0.613. The third kappa shape index (κ3) is 4.24. The van der Waals surface area contributed by atoms with Crippen molar-refractivity contribution in [2.24, 2.45) is 0 Å². The standard InChI is InChI=1S/C15H23NO3/c1-11-6-7-13(18-4)12(8-11)15(2,3)10-16-9-14(17)19-5/h6-8,16H,9-10H2,1-5H3. The molecule has 0 bridgehead atoms. The summed E-state index contributed by atoms with van der Waals surface area (Å²) in [6.45, 7) is 7.18. The van der Waals surface area contributed by atoms with Crippen LogP contribution in [0.2, 0.25) is 0 Å². The van der Waals surface area contributed by atoms with Crippen molar-refractivity contribution < 1.29 is 14.3 Å². The third-order valence-corrected chi connectivity index (χ3v) is 3.15. The zero-order valence-corrected chi connectivity index (χ0v) is 12.4. The van der Waals surface area contributed by atoms with Crippen LogP contribution in [0.5, 0.6) is 5.75 Å². The number of ether oxygens (including phenoxy) is 2. The second-order valence-corrected chi connectivity index (χ2v) is 5.27. The predicted molar refractivity (Wildman–Crippen MR) is 75.6 cm³/mol. The van der Waals surface area contributed by atoms with Gasteiger partial charge in [0, 0.05) is 17.5 Å². The van der Waals surface area contributed by atoms with Gasteiger partial charge < -0.3 is 14.8 Å². The van der Waals surface area contributed by atoms with Crippen molar-refractivity contribution in [3.63, 3.8) is 0 Å². The van der Waals surface area contributed by atoms with Gasteiger partial charge in [0.2, 0.25) is 0 Å². The van der Waals surface area contributed by atoms with E-state index in [-0.39, 0.29) is 17.9 Å². The predicted octanol–water partition coefficient (Wildman–Crippen LogP) is 2.04. The van der Waals surface area contributed by atoms with Gasteiger partial charge in [0.25, 0.3) is 0 Å². The van der Waals surface area contributed by atoms with Gasteiger partial charge in [-0.1, -0.05) is 31.5 Å². The molecule has 4 nitrogen and oxygen atoms in total. The number of aryl methyl sites for hydroxylation is 1. The molecule has 0 spiro atoms. The highest BCUT2D eigenvalue weighted by atomic mass is 16.5. The Morgan fingerprint density at radius 2 is 2.00 bits per heavy atom. The fourth-order valence-corrected chi connectivity index (χ4v) is 2.00. The number of rotatable bonds is 6. The van der Waals surface area contributed by atoms with Crippen LogP contribution in [0, 0.1) is 6.92 Å². The van der Waals surface area contributed by atoms with Gasteiger partial charge in [0.15, 0.2) is 0 Å². The Labute approximate surface area is 115 Å². The molecule has 0 saturated carbocycles. The Kier molecular flexibility index (Phi) is 5.36. The highest BCUT2D eigenvalue weighted by molar-refractivity contribution is 5.71. The molecule has 1 aromatic carbocycles. The summed E-state index contributed by atoms with van der Waals surface area (Å²) in [6.07, 6.45) is 0. The van der Waals surface area contributed by atoms with Crippen LogP contribution in [0.25, 0.3) is 0 Å². The maximum Gasteiger partial charge on any atom is 0.319 e. The zero-order chi connectivity index (χ0) is 14.5. The van der Waals surface area contributed by atoms with Gasteiger partial charge >= 0.3 is 5.97 Å². The van der Waals surface area contributed by atoms with Crippen LogP contribution in [0.1, 0.15) is 25.0 Å². The molecule has 0 aliphatic rings. The highest BCUT2D eigenvalue weighted by Gasteiger charge is 2.24. The molecule has 0 heterocycles. The molecular weight excluding hydrogens is 242 g/mol. The molecule has 1 aromatic rings. The molecule has 0 fully saturated rings. The van der Waals surface area contributed by atoms with Crippen molar-refractivity contribution in [2.45, 2.75) is 26.2 Å². The van der Waals surface area contributed by atoms with E-state index in [2.05, 4.69) is 36.9 Å². The molecule has 0 unspecified atom stereocenters. The molecular formula is C15H23NO3. The average molecular weight is 265 g/mol. The molecule has 4 heteroatoms. The van der Waals surface area contributed by atoms with E-state index in [0.717, 1.165) is 11.3 Å². The van der Waals surface area contributed by atoms with Gasteiger partial charge in [0.05, 0.1) is 20.8 Å². The van der Waals surface area contributed by atoms with E-state index in [1.807, 2.05) is 12.1 Å². The second kappa shape index (κ2) is 6.57. The minimum atomic E-state index is -0.257. The summed E-state index contributed by atoms with van der Waals surface area (Å²) in [7, 11) is 3.06. The molecule has 0 radical (unpaired) electrons. The molecule has 0 amide bonds. The van der Waals surface area contributed by atoms with Gasteiger partial charge in [-0.05, 0) is 13.0 Å². The van der Waals surface area contributed by atoms with E-state index in [4.69, 9.17) is 4.74 Å². The van der Waals surface area contributed by atoms with Crippen molar-refractivity contribution in [3.8, 4) is 5.75 Å². The summed E-state index contributed by atoms with van der Waals surface area (Å²) in [6, 6.07) is 6.13. The maximum atomic E-state index is 11.1. The summed E-state index contributed by atoms with van der Waals surface area (Å²) >= 11 is 0. The normalized spacial score (nSPS) is 11.2. The summed E-state index contributed by atoms with van der Waals surface area (Å²) < 4.78 is 10.0. The number of methoxy groups -OCH3 is 2. The van der Waals surface area contributed by atoms with Gasteiger partial charge in [-0.2, -0.15) is 0 Å². The largest absolute Gasteiger partial charge is 0.496 e. The van der Waals surface area contributed by atoms with E-state index >= 15 is 0 Å². The van der Waals surface area contributed by atoms with Gasteiger partial charge in [-0.15, -0.1) is 0 Å². The van der Waals surface area contributed by atoms with E-state index < -0.39 is 0 Å². The van der Waals surface area contributed by atoms with Crippen LogP contribution < -0.4 is 10.1 Å². The third-order valence-electron chi connectivity index (χ3n) is 3.15. The summed E-state index contributed by atoms with van der Waals surface area (Å²) in [5, 5.41) is 3.12. The van der Waals surface area contributed by atoms with E-state index in [1.54, 1.807) is 7.11 Å². The Balaban J connectivity index is 2.81. The highest BCUT2D eigenvalue weighted by Crippen LogP contribution is 2.31. The Morgan fingerprint density at radius 3 is 2.58 bits per heavy atom. The van der Waals surface area contributed by atoms with Crippen molar-refractivity contribution in [1.29, 1.82) is 0 Å². The first-order valence-electron chi connectivity index (χ1n) is 6.33. The molecule has 1 N–H and O–H groups in total. The topological polar surface area (TPSA) is 47.6 Å². The van der Waals surface area contributed by atoms with Crippen LogP contribution in [-0.4, -0.2) is 33.3 Å². The molecule has 1 rings (SSSR count). The second-order valence-electron chi connectivity index (χ2n) is 5.27. The lowest BCUT2D eigenvalue weighted by Crippen LogP contribution is -2.36. The van der Waals surface area contributed by atoms with Crippen LogP contribution in [-0.2, 0) is 14.9 Å². The van der Waals surface area contributed by atoms with Crippen LogP contribution in [0.15, 0.2) is 18.2 Å². The van der Waals surface area contributed by atoms with Gasteiger partial charge in [0.1, 0.15) is 5.75 Å². The van der Waals surface area contributed by atoms with Crippen LogP contribution in [0.4, 0.5) is 0 Å². The quantitative estimate of drug-likeness (QED) is 0.800. The van der Waals surface area contributed by atoms with Crippen LogP contribution in [0.3, 0.4) is 0 Å². The fraction of sp³-hybridized carbons (Fsp3) is 0.533. The van der Waals surface area contributed by atoms with Crippen molar-refractivity contribution in [1.82, 2.24) is 5.32 Å². The lowest BCUT2D eigenvalue weighted by atomic mass is 9.83. The lowest BCUT2D eigenvalue weighted by Gasteiger charge is -2.27. The van der Waals surface area contributed by atoms with E-state index in [1.165, 1.54) is 12.7 Å². The van der Waals surface area contributed by atoms with Crippen molar-refractivity contribution >= 4 is 5.97 Å². The van der Waals surface area contributed by atoms with Crippen LogP contribution >= 0.6 is 0 Å². The maximum absolute atomic E-state index is 11.1. The Bertz CT molecular complexity index is 441. The molecule has 0 aliphatic heterocycles. The zero-order valence-electron chi connectivity index (χ0n) is 12.4. The smallest absolute Gasteiger partial charge is 0.319 e. The molecule has 0 saturated heterocycles. The molecule has 0 atom stereocenters. The van der Waals surface area contributed by atoms with E-state index in [0.29, 0.717) is 6.54 Å².